The highest BCUT2D eigenvalue weighted by Gasteiger charge is 2.10. The molecule has 114 valence electrons. The molecule has 0 spiro atoms. The van der Waals surface area contributed by atoms with E-state index in [1.165, 1.54) is 33.4 Å². The third kappa shape index (κ3) is 2.73. The molecule has 3 rings (SSSR count). The Hall–Kier alpha value is -2.60. The fourth-order valence-electron chi connectivity index (χ4n) is 2.14. The number of aromatic nitrogens is 2. The summed E-state index contributed by atoms with van der Waals surface area (Å²) in [5, 5.41) is 9.77. The second-order valence-electron chi connectivity index (χ2n) is 4.64. The van der Waals surface area contributed by atoms with Crippen molar-refractivity contribution < 1.29 is 9.50 Å². The lowest BCUT2D eigenvalue weighted by Gasteiger charge is -2.09. The molecule has 0 aliphatic rings. The van der Waals surface area contributed by atoms with Crippen LogP contribution in [0.4, 0.5) is 4.39 Å². The summed E-state index contributed by atoms with van der Waals surface area (Å²) in [6.07, 6.45) is 4.53. The van der Waals surface area contributed by atoms with Crippen molar-refractivity contribution in [1.82, 2.24) is 8.97 Å². The van der Waals surface area contributed by atoms with Crippen molar-refractivity contribution in [2.75, 3.05) is 0 Å². The number of hydrogen-bond acceptors (Lipinski definition) is 3. The Kier molecular flexibility index (Phi) is 4.32. The van der Waals surface area contributed by atoms with Crippen molar-refractivity contribution in [3.05, 3.63) is 80.9 Å². The van der Waals surface area contributed by atoms with Crippen LogP contribution in [0.15, 0.2) is 58.5 Å². The molecule has 2 heterocycles. The lowest BCUT2D eigenvalue weighted by Crippen LogP contribution is -2.24. The van der Waals surface area contributed by atoms with Gasteiger partial charge in [-0.15, -0.1) is 12.4 Å². The zero-order chi connectivity index (χ0) is 15.0. The minimum absolute atomic E-state index is 0. The van der Waals surface area contributed by atoms with Gasteiger partial charge in [-0.25, -0.2) is 4.39 Å². The van der Waals surface area contributed by atoms with Gasteiger partial charge in [0.1, 0.15) is 5.82 Å². The summed E-state index contributed by atoms with van der Waals surface area (Å²) < 4.78 is 15.6. The molecule has 0 saturated heterocycles. The van der Waals surface area contributed by atoms with Gasteiger partial charge in [-0.05, 0) is 17.7 Å². The van der Waals surface area contributed by atoms with Crippen molar-refractivity contribution in [3.8, 4) is 5.75 Å². The van der Waals surface area contributed by atoms with Crippen molar-refractivity contribution in [2.24, 2.45) is 0 Å². The highest BCUT2D eigenvalue weighted by atomic mass is 35.5. The Labute approximate surface area is 130 Å². The molecule has 0 bridgehead atoms. The zero-order valence-corrected chi connectivity index (χ0v) is 12.1. The lowest BCUT2D eigenvalue weighted by molar-refractivity contribution is 0.472. The maximum absolute atomic E-state index is 12.9. The number of halogens is 2. The van der Waals surface area contributed by atoms with Crippen LogP contribution in [0.2, 0.25) is 0 Å². The standard InChI is InChI=1S/C15H11FN2O3.ClH/c16-11-3-1-10(2-4-11)9-18-8-7-17-6-5-12(19)14(20)13(17)15(18)21;/h1-8,20H,9H2;1H. The smallest absolute Gasteiger partial charge is 0.279 e. The molecule has 0 fully saturated rings. The van der Waals surface area contributed by atoms with E-state index in [9.17, 15) is 19.1 Å². The van der Waals surface area contributed by atoms with Crippen LogP contribution in [-0.2, 0) is 6.54 Å². The van der Waals surface area contributed by atoms with E-state index in [0.717, 1.165) is 5.56 Å². The van der Waals surface area contributed by atoms with Crippen molar-refractivity contribution in [3.63, 3.8) is 0 Å². The maximum Gasteiger partial charge on any atom is 0.279 e. The average Bonchev–Trinajstić information content (AvgIpc) is 2.48. The largest absolute Gasteiger partial charge is 0.503 e. The number of nitrogens with zero attached hydrogens (tertiary/aromatic N) is 2. The first-order valence-electron chi connectivity index (χ1n) is 6.24. The van der Waals surface area contributed by atoms with E-state index in [2.05, 4.69) is 0 Å². The van der Waals surface area contributed by atoms with Crippen LogP contribution in [0.25, 0.3) is 5.52 Å². The summed E-state index contributed by atoms with van der Waals surface area (Å²) >= 11 is 0. The Morgan fingerprint density at radius 1 is 1.00 bits per heavy atom. The molecule has 1 aromatic carbocycles. The number of hydrogen-bond donors (Lipinski definition) is 1. The van der Waals surface area contributed by atoms with Gasteiger partial charge in [0.2, 0.25) is 5.43 Å². The fraction of sp³-hybridized carbons (Fsp3) is 0.0667. The third-order valence-corrected chi connectivity index (χ3v) is 3.24. The van der Waals surface area contributed by atoms with Gasteiger partial charge < -0.3 is 14.1 Å². The van der Waals surface area contributed by atoms with Crippen LogP contribution in [-0.4, -0.2) is 14.1 Å². The van der Waals surface area contributed by atoms with Crippen molar-refractivity contribution >= 4 is 17.9 Å². The molecule has 0 atom stereocenters. The molecule has 0 amide bonds. The van der Waals surface area contributed by atoms with Gasteiger partial charge in [0.25, 0.3) is 5.56 Å². The zero-order valence-electron chi connectivity index (χ0n) is 11.3. The molecule has 0 aliphatic carbocycles. The van der Waals surface area contributed by atoms with Gasteiger partial charge >= 0.3 is 0 Å². The molecule has 0 unspecified atom stereocenters. The summed E-state index contributed by atoms with van der Waals surface area (Å²) in [4.78, 5) is 23.8. The normalized spacial score (nSPS) is 10.4. The maximum atomic E-state index is 12.9. The van der Waals surface area contributed by atoms with Crippen molar-refractivity contribution in [1.29, 1.82) is 0 Å². The number of fused-ring (bicyclic) bond motifs is 1. The number of benzene rings is 1. The van der Waals surface area contributed by atoms with Gasteiger partial charge in [-0.3, -0.25) is 9.59 Å². The molecule has 1 N–H and O–H groups in total. The first kappa shape index (κ1) is 15.8. The third-order valence-electron chi connectivity index (χ3n) is 3.24. The molecule has 22 heavy (non-hydrogen) atoms. The number of pyridine rings is 1. The summed E-state index contributed by atoms with van der Waals surface area (Å²) in [5.41, 5.74) is -0.434. The fourth-order valence-corrected chi connectivity index (χ4v) is 2.14. The molecule has 0 radical (unpaired) electrons. The average molecular weight is 323 g/mol. The second kappa shape index (κ2) is 6.03. The Morgan fingerprint density at radius 3 is 2.36 bits per heavy atom. The highest BCUT2D eigenvalue weighted by molar-refractivity contribution is 5.85. The van der Waals surface area contributed by atoms with Crippen LogP contribution >= 0.6 is 12.4 Å². The highest BCUT2D eigenvalue weighted by Crippen LogP contribution is 2.09. The lowest BCUT2D eigenvalue weighted by atomic mass is 10.2. The van der Waals surface area contributed by atoms with E-state index in [4.69, 9.17) is 0 Å². The molecular formula is C15H12ClFN2O3. The Morgan fingerprint density at radius 2 is 1.68 bits per heavy atom. The SMILES string of the molecule is Cl.O=c1ccn2ccn(Cc3ccc(F)cc3)c(=O)c2c1O. The Bertz CT molecular complexity index is 932. The van der Waals surface area contributed by atoms with Crippen LogP contribution in [0, 0.1) is 5.82 Å². The second-order valence-corrected chi connectivity index (χ2v) is 4.64. The van der Waals surface area contributed by atoms with Crippen LogP contribution in [0.3, 0.4) is 0 Å². The monoisotopic (exact) mass is 322 g/mol. The molecule has 2 aromatic heterocycles. The first-order valence-corrected chi connectivity index (χ1v) is 6.24. The molecule has 7 heteroatoms. The Balaban J connectivity index is 0.00000176. The van der Waals surface area contributed by atoms with Gasteiger partial charge in [0, 0.05) is 24.7 Å². The molecule has 3 aromatic rings. The molecule has 5 nitrogen and oxygen atoms in total. The number of rotatable bonds is 2. The van der Waals surface area contributed by atoms with Crippen LogP contribution < -0.4 is 11.0 Å². The van der Waals surface area contributed by atoms with E-state index in [1.807, 2.05) is 0 Å². The number of aromatic hydroxyl groups is 1. The summed E-state index contributed by atoms with van der Waals surface area (Å²) in [7, 11) is 0. The summed E-state index contributed by atoms with van der Waals surface area (Å²) in [6, 6.07) is 6.95. The molecule has 0 saturated carbocycles. The topological polar surface area (TPSA) is 63.7 Å². The van der Waals surface area contributed by atoms with Gasteiger partial charge in [0.15, 0.2) is 11.3 Å². The van der Waals surface area contributed by atoms with E-state index in [-0.39, 0.29) is 30.3 Å². The summed E-state index contributed by atoms with van der Waals surface area (Å²) in [6.45, 7) is 0.220. The predicted octanol–water partition coefficient (Wildman–Crippen LogP) is 1.78. The van der Waals surface area contributed by atoms with Gasteiger partial charge in [0.05, 0.1) is 6.54 Å². The van der Waals surface area contributed by atoms with E-state index < -0.39 is 16.7 Å². The van der Waals surface area contributed by atoms with E-state index in [0.29, 0.717) is 0 Å². The minimum atomic E-state index is -0.605. The quantitative estimate of drug-likeness (QED) is 0.782. The predicted molar refractivity (Wildman–Crippen MR) is 82.3 cm³/mol. The van der Waals surface area contributed by atoms with Crippen LogP contribution in [0.1, 0.15) is 5.56 Å². The van der Waals surface area contributed by atoms with E-state index in [1.54, 1.807) is 24.5 Å². The first-order chi connectivity index (χ1) is 10.1. The minimum Gasteiger partial charge on any atom is -0.503 e. The van der Waals surface area contributed by atoms with E-state index >= 15 is 0 Å². The summed E-state index contributed by atoms with van der Waals surface area (Å²) in [5.74, 6) is -0.926. The van der Waals surface area contributed by atoms with Crippen molar-refractivity contribution in [2.45, 2.75) is 6.54 Å². The molecular weight excluding hydrogens is 311 g/mol. The van der Waals surface area contributed by atoms with Gasteiger partial charge in [-0.2, -0.15) is 0 Å². The molecule has 0 aliphatic heterocycles. The van der Waals surface area contributed by atoms with Crippen LogP contribution in [0.5, 0.6) is 5.75 Å². The van der Waals surface area contributed by atoms with Gasteiger partial charge in [-0.1, -0.05) is 12.1 Å².